The lowest BCUT2D eigenvalue weighted by molar-refractivity contribution is 0.456. The van der Waals surface area contributed by atoms with Crippen LogP contribution >= 0.6 is 0 Å². The molecule has 0 bridgehead atoms. The third kappa shape index (κ3) is 3.46. The third-order valence-corrected chi connectivity index (χ3v) is 3.04. The van der Waals surface area contributed by atoms with Crippen molar-refractivity contribution >= 4 is 0 Å². The second-order valence-corrected chi connectivity index (χ2v) is 4.46. The molecule has 0 aliphatic carbocycles. The molecule has 2 nitrogen and oxygen atoms in total. The Balaban J connectivity index is 1.97. The number of hydrogen-bond acceptors (Lipinski definition) is 2. The van der Waals surface area contributed by atoms with Gasteiger partial charge in [-0.05, 0) is 38.1 Å². The highest BCUT2D eigenvalue weighted by Crippen LogP contribution is 2.10. The summed E-state index contributed by atoms with van der Waals surface area (Å²) in [5.74, 6) is 1.04. The fourth-order valence-corrected chi connectivity index (χ4v) is 1.96. The fraction of sp³-hybridized carbons (Fsp3) is 0.333. The first-order valence-electron chi connectivity index (χ1n) is 6.03. The standard InChI is InChI=1S/C15H19NO/c1-12-5-7-13(8-6-12)10-14(16-2)11-15-4-3-9-17-15/h3-9,14,16H,10-11H2,1-2H3. The van der Waals surface area contributed by atoms with E-state index in [1.807, 2.05) is 19.2 Å². The quantitative estimate of drug-likeness (QED) is 0.852. The number of benzene rings is 1. The molecule has 1 aromatic carbocycles. The molecule has 0 aliphatic heterocycles. The average molecular weight is 229 g/mol. The summed E-state index contributed by atoms with van der Waals surface area (Å²) in [5, 5.41) is 3.34. The van der Waals surface area contributed by atoms with E-state index in [9.17, 15) is 0 Å². The van der Waals surface area contributed by atoms with E-state index in [0.717, 1.165) is 18.6 Å². The largest absolute Gasteiger partial charge is 0.469 e. The van der Waals surface area contributed by atoms with Crippen LogP contribution in [-0.4, -0.2) is 13.1 Å². The molecule has 1 atom stereocenters. The second-order valence-electron chi connectivity index (χ2n) is 4.46. The summed E-state index contributed by atoms with van der Waals surface area (Å²) in [5.41, 5.74) is 2.67. The lowest BCUT2D eigenvalue weighted by Gasteiger charge is -2.15. The van der Waals surface area contributed by atoms with Crippen molar-refractivity contribution in [3.8, 4) is 0 Å². The van der Waals surface area contributed by atoms with Gasteiger partial charge >= 0.3 is 0 Å². The predicted octanol–water partition coefficient (Wildman–Crippen LogP) is 2.96. The molecule has 1 unspecified atom stereocenters. The first-order valence-corrected chi connectivity index (χ1v) is 6.03. The fourth-order valence-electron chi connectivity index (χ4n) is 1.96. The summed E-state index contributed by atoms with van der Waals surface area (Å²) in [6, 6.07) is 13.1. The van der Waals surface area contributed by atoms with Crippen LogP contribution in [0.25, 0.3) is 0 Å². The van der Waals surface area contributed by atoms with Crippen LogP contribution in [0.1, 0.15) is 16.9 Å². The van der Waals surface area contributed by atoms with Gasteiger partial charge in [-0.25, -0.2) is 0 Å². The van der Waals surface area contributed by atoms with Crippen molar-refractivity contribution in [3.63, 3.8) is 0 Å². The van der Waals surface area contributed by atoms with E-state index in [4.69, 9.17) is 4.42 Å². The maximum atomic E-state index is 5.38. The average Bonchev–Trinajstić information content (AvgIpc) is 2.84. The molecule has 0 saturated carbocycles. The van der Waals surface area contributed by atoms with Gasteiger partial charge in [0.2, 0.25) is 0 Å². The zero-order valence-electron chi connectivity index (χ0n) is 10.4. The van der Waals surface area contributed by atoms with E-state index in [-0.39, 0.29) is 0 Å². The maximum Gasteiger partial charge on any atom is 0.105 e. The summed E-state index contributed by atoms with van der Waals surface area (Å²) in [6.07, 6.45) is 3.68. The molecule has 1 heterocycles. The first-order chi connectivity index (χ1) is 8.28. The maximum absolute atomic E-state index is 5.38. The van der Waals surface area contributed by atoms with Crippen molar-refractivity contribution in [3.05, 3.63) is 59.5 Å². The van der Waals surface area contributed by atoms with E-state index in [2.05, 4.69) is 36.5 Å². The summed E-state index contributed by atoms with van der Waals surface area (Å²) in [6.45, 7) is 2.11. The van der Waals surface area contributed by atoms with E-state index >= 15 is 0 Å². The van der Waals surface area contributed by atoms with Gasteiger partial charge in [0.05, 0.1) is 6.26 Å². The lowest BCUT2D eigenvalue weighted by atomic mass is 10.0. The van der Waals surface area contributed by atoms with Gasteiger partial charge in [0.15, 0.2) is 0 Å². The zero-order valence-corrected chi connectivity index (χ0v) is 10.4. The van der Waals surface area contributed by atoms with Crippen molar-refractivity contribution in [2.75, 3.05) is 7.05 Å². The molecule has 0 spiro atoms. The van der Waals surface area contributed by atoms with Crippen LogP contribution < -0.4 is 5.32 Å². The molecule has 0 fully saturated rings. The predicted molar refractivity (Wildman–Crippen MR) is 70.1 cm³/mol. The molecule has 2 heteroatoms. The lowest BCUT2D eigenvalue weighted by Crippen LogP contribution is -2.29. The number of likely N-dealkylation sites (N-methyl/N-ethyl adjacent to an activating group) is 1. The van der Waals surface area contributed by atoms with Crippen molar-refractivity contribution < 1.29 is 4.42 Å². The molecular weight excluding hydrogens is 210 g/mol. The van der Waals surface area contributed by atoms with Gasteiger partial charge in [0, 0.05) is 12.5 Å². The van der Waals surface area contributed by atoms with Gasteiger partial charge in [-0.2, -0.15) is 0 Å². The van der Waals surface area contributed by atoms with Crippen LogP contribution in [0.2, 0.25) is 0 Å². The Morgan fingerprint density at radius 1 is 1.12 bits per heavy atom. The van der Waals surface area contributed by atoms with Crippen LogP contribution in [-0.2, 0) is 12.8 Å². The van der Waals surface area contributed by atoms with Gasteiger partial charge in [-0.15, -0.1) is 0 Å². The van der Waals surface area contributed by atoms with Gasteiger partial charge in [-0.1, -0.05) is 29.8 Å². The van der Waals surface area contributed by atoms with Crippen molar-refractivity contribution in [1.29, 1.82) is 0 Å². The van der Waals surface area contributed by atoms with Crippen LogP contribution in [0.3, 0.4) is 0 Å². The minimum atomic E-state index is 0.420. The normalized spacial score (nSPS) is 12.6. The zero-order chi connectivity index (χ0) is 12.1. The number of hydrogen-bond donors (Lipinski definition) is 1. The van der Waals surface area contributed by atoms with Crippen LogP contribution in [0, 0.1) is 6.92 Å². The monoisotopic (exact) mass is 229 g/mol. The first kappa shape index (κ1) is 11.9. The van der Waals surface area contributed by atoms with Gasteiger partial charge < -0.3 is 9.73 Å². The highest BCUT2D eigenvalue weighted by molar-refractivity contribution is 5.22. The Morgan fingerprint density at radius 2 is 1.88 bits per heavy atom. The summed E-state index contributed by atoms with van der Waals surface area (Å²) >= 11 is 0. The second kappa shape index (κ2) is 5.69. The van der Waals surface area contributed by atoms with Crippen molar-refractivity contribution in [1.82, 2.24) is 5.32 Å². The Hall–Kier alpha value is -1.54. The van der Waals surface area contributed by atoms with Crippen LogP contribution in [0.5, 0.6) is 0 Å². The molecule has 1 N–H and O–H groups in total. The van der Waals surface area contributed by atoms with Gasteiger partial charge in [0.25, 0.3) is 0 Å². The Morgan fingerprint density at radius 3 is 2.47 bits per heavy atom. The third-order valence-electron chi connectivity index (χ3n) is 3.04. The van der Waals surface area contributed by atoms with Crippen LogP contribution in [0.4, 0.5) is 0 Å². The van der Waals surface area contributed by atoms with E-state index < -0.39 is 0 Å². The molecule has 2 aromatic rings. The highest BCUT2D eigenvalue weighted by Gasteiger charge is 2.09. The smallest absolute Gasteiger partial charge is 0.105 e. The van der Waals surface area contributed by atoms with Crippen molar-refractivity contribution in [2.24, 2.45) is 0 Å². The number of nitrogens with one attached hydrogen (secondary N) is 1. The molecule has 0 aliphatic rings. The van der Waals surface area contributed by atoms with Crippen molar-refractivity contribution in [2.45, 2.75) is 25.8 Å². The molecule has 90 valence electrons. The Kier molecular flexibility index (Phi) is 3.99. The minimum absolute atomic E-state index is 0.420. The molecule has 0 amide bonds. The molecular formula is C15H19NO. The molecule has 2 rings (SSSR count). The van der Waals surface area contributed by atoms with E-state index in [1.54, 1.807) is 6.26 Å². The molecule has 0 saturated heterocycles. The SMILES string of the molecule is CNC(Cc1ccc(C)cc1)Cc1ccco1. The molecule has 17 heavy (non-hydrogen) atoms. The van der Waals surface area contributed by atoms with E-state index in [1.165, 1.54) is 11.1 Å². The topological polar surface area (TPSA) is 25.2 Å². The number of furan rings is 1. The molecule has 0 radical (unpaired) electrons. The summed E-state index contributed by atoms with van der Waals surface area (Å²) in [7, 11) is 2.00. The highest BCUT2D eigenvalue weighted by atomic mass is 16.3. The Bertz CT molecular complexity index is 430. The van der Waals surface area contributed by atoms with Gasteiger partial charge in [-0.3, -0.25) is 0 Å². The van der Waals surface area contributed by atoms with Crippen LogP contribution in [0.15, 0.2) is 47.1 Å². The summed E-state index contributed by atoms with van der Waals surface area (Å²) in [4.78, 5) is 0. The van der Waals surface area contributed by atoms with E-state index in [0.29, 0.717) is 6.04 Å². The Labute approximate surface area is 103 Å². The summed E-state index contributed by atoms with van der Waals surface area (Å²) < 4.78 is 5.38. The number of aryl methyl sites for hydroxylation is 1. The molecule has 1 aromatic heterocycles. The minimum Gasteiger partial charge on any atom is -0.469 e. The van der Waals surface area contributed by atoms with Gasteiger partial charge in [0.1, 0.15) is 5.76 Å². The number of rotatable bonds is 5.